The summed E-state index contributed by atoms with van der Waals surface area (Å²) in [7, 11) is 0. The number of carbonyl (C=O) groups is 3. The van der Waals surface area contributed by atoms with Crippen molar-refractivity contribution in [2.45, 2.75) is 91.5 Å². The van der Waals surface area contributed by atoms with Crippen molar-refractivity contribution < 1.29 is 29.3 Å². The number of carbonyl (C=O) groups excluding carboxylic acids is 2. The lowest BCUT2D eigenvalue weighted by Crippen LogP contribution is -2.50. The molecular formula is C19H36N2O6. The predicted molar refractivity (Wildman–Crippen MR) is 102 cm³/mol. The molecular weight excluding hydrogens is 352 g/mol. The number of hydrogen-bond donors (Lipinski definition) is 4. The first kappa shape index (κ1) is 25.2. The van der Waals surface area contributed by atoms with Crippen LogP contribution in [0.3, 0.4) is 0 Å². The molecule has 0 fully saturated rings. The van der Waals surface area contributed by atoms with E-state index in [-0.39, 0.29) is 18.3 Å². The van der Waals surface area contributed by atoms with Crippen molar-refractivity contribution in [2.24, 2.45) is 11.8 Å². The summed E-state index contributed by atoms with van der Waals surface area (Å²) in [4.78, 5) is 35.6. The third-order valence-electron chi connectivity index (χ3n) is 4.08. The van der Waals surface area contributed by atoms with E-state index in [0.29, 0.717) is 12.8 Å². The topological polar surface area (TPSA) is 125 Å². The summed E-state index contributed by atoms with van der Waals surface area (Å²) in [5.41, 5.74) is -0.681. The van der Waals surface area contributed by atoms with Gasteiger partial charge in [0.15, 0.2) is 0 Å². The largest absolute Gasteiger partial charge is 0.480 e. The zero-order chi connectivity index (χ0) is 21.4. The number of carboxylic acids is 1. The van der Waals surface area contributed by atoms with E-state index in [2.05, 4.69) is 10.6 Å². The second kappa shape index (κ2) is 11.1. The van der Waals surface area contributed by atoms with E-state index in [4.69, 9.17) is 4.74 Å². The number of aliphatic carboxylic acids is 1. The second-order valence-electron chi connectivity index (χ2n) is 8.42. The summed E-state index contributed by atoms with van der Waals surface area (Å²) >= 11 is 0. The Bertz CT molecular complexity index is 501. The molecule has 27 heavy (non-hydrogen) atoms. The van der Waals surface area contributed by atoms with Gasteiger partial charge in [-0.05, 0) is 39.0 Å². The molecule has 0 bridgehead atoms. The number of hydrogen-bond acceptors (Lipinski definition) is 5. The van der Waals surface area contributed by atoms with E-state index in [0.717, 1.165) is 0 Å². The van der Waals surface area contributed by atoms with Crippen molar-refractivity contribution in [2.75, 3.05) is 0 Å². The molecule has 2 unspecified atom stereocenters. The summed E-state index contributed by atoms with van der Waals surface area (Å²) in [5.74, 6) is -1.77. The smallest absolute Gasteiger partial charge is 0.407 e. The van der Waals surface area contributed by atoms with Gasteiger partial charge in [0.2, 0.25) is 5.91 Å². The zero-order valence-corrected chi connectivity index (χ0v) is 17.5. The lowest BCUT2D eigenvalue weighted by atomic mass is 9.96. The number of amides is 2. The highest BCUT2D eigenvalue weighted by molar-refractivity contribution is 5.84. The first-order valence-corrected chi connectivity index (χ1v) is 9.46. The Morgan fingerprint density at radius 1 is 1.07 bits per heavy atom. The maximum absolute atomic E-state index is 12.2. The number of alkyl carbamates (subject to hydrolysis) is 1. The van der Waals surface area contributed by atoms with Crippen molar-refractivity contribution >= 4 is 18.0 Å². The number of aliphatic hydroxyl groups is 1. The molecule has 0 aromatic rings. The summed E-state index contributed by atoms with van der Waals surface area (Å²) in [6.07, 6.45) is -1.10. The van der Waals surface area contributed by atoms with E-state index < -0.39 is 41.8 Å². The van der Waals surface area contributed by atoms with Crippen LogP contribution < -0.4 is 10.6 Å². The van der Waals surface area contributed by atoms with Gasteiger partial charge in [0.25, 0.3) is 0 Å². The first-order chi connectivity index (χ1) is 12.3. The Morgan fingerprint density at radius 3 is 2.04 bits per heavy atom. The quantitative estimate of drug-likeness (QED) is 0.455. The van der Waals surface area contributed by atoms with Crippen LogP contribution in [0.15, 0.2) is 0 Å². The molecule has 0 heterocycles. The Hall–Kier alpha value is -1.83. The number of rotatable bonds is 10. The SMILES string of the molecule is CC[C@H](C)[C@H](NC(=O)CC(O)C(CC(C)C)NC(=O)OC(C)(C)C)C(=O)O. The molecule has 0 aromatic carbocycles. The monoisotopic (exact) mass is 388 g/mol. The van der Waals surface area contributed by atoms with Crippen LogP contribution in [-0.4, -0.2) is 52.0 Å². The van der Waals surface area contributed by atoms with Gasteiger partial charge in [-0.25, -0.2) is 9.59 Å². The van der Waals surface area contributed by atoms with E-state index in [1.165, 1.54) is 0 Å². The Morgan fingerprint density at radius 2 is 1.63 bits per heavy atom. The first-order valence-electron chi connectivity index (χ1n) is 9.46. The third-order valence-corrected chi connectivity index (χ3v) is 4.08. The Kier molecular flexibility index (Phi) is 10.4. The maximum Gasteiger partial charge on any atom is 0.407 e. The minimum absolute atomic E-state index is 0.162. The molecule has 0 radical (unpaired) electrons. The molecule has 8 nitrogen and oxygen atoms in total. The molecule has 0 aliphatic rings. The average Bonchev–Trinajstić information content (AvgIpc) is 2.48. The van der Waals surface area contributed by atoms with Gasteiger partial charge in [-0.15, -0.1) is 0 Å². The molecule has 0 saturated carbocycles. The van der Waals surface area contributed by atoms with Crippen LogP contribution in [0.2, 0.25) is 0 Å². The van der Waals surface area contributed by atoms with Crippen molar-refractivity contribution in [3.8, 4) is 0 Å². The van der Waals surface area contributed by atoms with Crippen LogP contribution in [0, 0.1) is 11.8 Å². The third kappa shape index (κ3) is 10.8. The standard InChI is InChI=1S/C19H36N2O6/c1-8-12(4)16(17(24)25)21-15(23)10-14(22)13(9-11(2)3)20-18(26)27-19(5,6)7/h11-14,16,22H,8-10H2,1-7H3,(H,20,26)(H,21,23)(H,24,25)/t12-,13?,14?,16-/m0/s1. The van der Waals surface area contributed by atoms with Crippen LogP contribution in [0.5, 0.6) is 0 Å². The number of carboxylic acid groups (broad SMARTS) is 1. The van der Waals surface area contributed by atoms with E-state index in [1.54, 1.807) is 27.7 Å². The van der Waals surface area contributed by atoms with Crippen molar-refractivity contribution in [3.05, 3.63) is 0 Å². The fourth-order valence-corrected chi connectivity index (χ4v) is 2.53. The number of aliphatic hydroxyl groups excluding tert-OH is 1. The molecule has 4 N–H and O–H groups in total. The predicted octanol–water partition coefficient (Wildman–Crippen LogP) is 2.29. The fourth-order valence-electron chi connectivity index (χ4n) is 2.53. The average molecular weight is 389 g/mol. The van der Waals surface area contributed by atoms with Crippen molar-refractivity contribution in [3.63, 3.8) is 0 Å². The molecule has 0 spiro atoms. The normalized spacial score (nSPS) is 16.2. The second-order valence-corrected chi connectivity index (χ2v) is 8.42. The fraction of sp³-hybridized carbons (Fsp3) is 0.842. The van der Waals surface area contributed by atoms with Crippen LogP contribution in [-0.2, 0) is 14.3 Å². The minimum atomic E-state index is -1.16. The molecule has 2 amide bonds. The van der Waals surface area contributed by atoms with Crippen LogP contribution in [0.25, 0.3) is 0 Å². The Balaban J connectivity index is 4.96. The van der Waals surface area contributed by atoms with Crippen LogP contribution in [0.4, 0.5) is 4.79 Å². The lowest BCUT2D eigenvalue weighted by molar-refractivity contribution is -0.143. The van der Waals surface area contributed by atoms with Crippen LogP contribution in [0.1, 0.15) is 67.7 Å². The van der Waals surface area contributed by atoms with E-state index in [9.17, 15) is 24.6 Å². The molecule has 0 rings (SSSR count). The van der Waals surface area contributed by atoms with E-state index in [1.807, 2.05) is 20.8 Å². The van der Waals surface area contributed by atoms with Gasteiger partial charge >= 0.3 is 12.1 Å². The highest BCUT2D eigenvalue weighted by Gasteiger charge is 2.30. The lowest BCUT2D eigenvalue weighted by Gasteiger charge is -2.28. The summed E-state index contributed by atoms with van der Waals surface area (Å²) in [6, 6.07) is -1.70. The van der Waals surface area contributed by atoms with E-state index >= 15 is 0 Å². The molecule has 4 atom stereocenters. The van der Waals surface area contributed by atoms with Gasteiger partial charge in [0.05, 0.1) is 18.6 Å². The highest BCUT2D eigenvalue weighted by Crippen LogP contribution is 2.14. The Labute approximate surface area is 162 Å². The summed E-state index contributed by atoms with van der Waals surface area (Å²) < 4.78 is 5.21. The van der Waals surface area contributed by atoms with Gasteiger partial charge in [0, 0.05) is 0 Å². The van der Waals surface area contributed by atoms with Crippen molar-refractivity contribution in [1.29, 1.82) is 0 Å². The minimum Gasteiger partial charge on any atom is -0.480 e. The zero-order valence-electron chi connectivity index (χ0n) is 17.5. The number of ether oxygens (including phenoxy) is 1. The molecule has 0 aliphatic heterocycles. The molecule has 0 aromatic heterocycles. The summed E-state index contributed by atoms with van der Waals surface area (Å²) in [6.45, 7) is 12.6. The molecule has 0 aliphatic carbocycles. The van der Waals surface area contributed by atoms with Gasteiger partial charge < -0.3 is 25.6 Å². The van der Waals surface area contributed by atoms with Gasteiger partial charge in [-0.2, -0.15) is 0 Å². The highest BCUT2D eigenvalue weighted by atomic mass is 16.6. The van der Waals surface area contributed by atoms with Crippen molar-refractivity contribution in [1.82, 2.24) is 10.6 Å². The summed E-state index contributed by atoms with van der Waals surface area (Å²) in [5, 5.41) is 24.8. The molecule has 8 heteroatoms. The maximum atomic E-state index is 12.2. The number of nitrogens with one attached hydrogen (secondary N) is 2. The van der Waals surface area contributed by atoms with Gasteiger partial charge in [-0.1, -0.05) is 34.1 Å². The van der Waals surface area contributed by atoms with Crippen LogP contribution >= 0.6 is 0 Å². The van der Waals surface area contributed by atoms with Gasteiger partial charge in [-0.3, -0.25) is 4.79 Å². The van der Waals surface area contributed by atoms with Gasteiger partial charge in [0.1, 0.15) is 11.6 Å². The molecule has 158 valence electrons. The molecule has 0 saturated heterocycles.